The van der Waals surface area contributed by atoms with Crippen LogP contribution in [0.1, 0.15) is 60.0 Å². The third kappa shape index (κ3) is 7.70. The van der Waals surface area contributed by atoms with Crippen LogP contribution in [0.25, 0.3) is 11.2 Å². The van der Waals surface area contributed by atoms with E-state index >= 15 is 0 Å². The lowest BCUT2D eigenvalue weighted by molar-refractivity contribution is -0.149. The topological polar surface area (TPSA) is 176 Å². The predicted octanol–water partition coefficient (Wildman–Crippen LogP) is 1.74. The highest BCUT2D eigenvalue weighted by Gasteiger charge is 2.36. The molecule has 1 fully saturated rings. The third-order valence-electron chi connectivity index (χ3n) is 5.51. The Hall–Kier alpha value is -2.64. The van der Waals surface area contributed by atoms with Gasteiger partial charge >= 0.3 is 11.9 Å². The van der Waals surface area contributed by atoms with E-state index in [1.165, 1.54) is 20.2 Å². The summed E-state index contributed by atoms with van der Waals surface area (Å²) >= 11 is 0. The van der Waals surface area contributed by atoms with Crippen molar-refractivity contribution in [3.05, 3.63) is 22.5 Å². The molecule has 1 aliphatic rings. The minimum atomic E-state index is -3.67. The Morgan fingerprint density at radius 1 is 1.13 bits per heavy atom. The minimum absolute atomic E-state index is 0.183. The van der Waals surface area contributed by atoms with E-state index in [2.05, 4.69) is 25.1 Å². The first kappa shape index (κ1) is 29.9. The number of aromatic nitrogens is 4. The van der Waals surface area contributed by atoms with Crippen LogP contribution in [0.2, 0.25) is 0 Å². The van der Waals surface area contributed by atoms with Gasteiger partial charge in [-0.05, 0) is 48.5 Å². The van der Waals surface area contributed by atoms with E-state index in [9.17, 15) is 18.9 Å². The highest BCUT2D eigenvalue weighted by atomic mass is 31.2. The standard InChI is InChI=1S/C23H37N6O8P/c1-12(2)36-22(31)14(5)27-38(33,28-15(6)23(32)37-13(3)4)11-35-17-8-18(34-9-17)29-10-24-19-20(29)25-16(7)26-21(19)30/h10,12-15,17-18H,8-9,11H2,1-7H3,(H,25,26,30)(H2,27,28,33)/t14-,15-,17+,18+/m0/s1. The largest absolute Gasteiger partial charge is 0.462 e. The molecule has 0 radical (unpaired) electrons. The van der Waals surface area contributed by atoms with E-state index in [1.54, 1.807) is 39.2 Å². The van der Waals surface area contributed by atoms with Crippen molar-refractivity contribution in [2.45, 2.75) is 91.5 Å². The number of ether oxygens (including phenoxy) is 4. The average molecular weight is 557 g/mol. The van der Waals surface area contributed by atoms with Crippen LogP contribution in [0.15, 0.2) is 11.1 Å². The molecule has 1 aliphatic heterocycles. The van der Waals surface area contributed by atoms with Gasteiger partial charge in [0.05, 0.1) is 31.2 Å². The molecular weight excluding hydrogens is 519 g/mol. The first-order valence-electron chi connectivity index (χ1n) is 12.5. The number of rotatable bonds is 12. The smallest absolute Gasteiger partial charge is 0.323 e. The highest BCUT2D eigenvalue weighted by molar-refractivity contribution is 7.59. The molecule has 0 bridgehead atoms. The van der Waals surface area contributed by atoms with Crippen LogP contribution >= 0.6 is 7.44 Å². The normalized spacial score (nSPS) is 19.7. The molecule has 15 heteroatoms. The minimum Gasteiger partial charge on any atom is -0.462 e. The second-order valence-electron chi connectivity index (χ2n) is 9.83. The zero-order chi connectivity index (χ0) is 28.2. The number of imidazole rings is 1. The Morgan fingerprint density at radius 3 is 2.26 bits per heavy atom. The molecule has 2 aromatic rings. The number of aryl methyl sites for hydroxylation is 1. The number of fused-ring (bicyclic) bond motifs is 1. The van der Waals surface area contributed by atoms with Crippen LogP contribution in [-0.4, -0.2) is 74.8 Å². The van der Waals surface area contributed by atoms with E-state index in [1.807, 2.05) is 0 Å². The molecule has 0 saturated carbocycles. The van der Waals surface area contributed by atoms with Crippen molar-refractivity contribution in [2.75, 3.05) is 13.0 Å². The highest BCUT2D eigenvalue weighted by Crippen LogP contribution is 2.39. The summed E-state index contributed by atoms with van der Waals surface area (Å²) < 4.78 is 37.7. The summed E-state index contributed by atoms with van der Waals surface area (Å²) in [6.45, 7) is 11.7. The summed E-state index contributed by atoms with van der Waals surface area (Å²) in [6.07, 6.45) is -0.153. The Balaban J connectivity index is 1.70. The SMILES string of the molecule is Cc1nc2c(ncn2[C@H]2C[C@@H](OCP(=O)(N[C@@H](C)C(=O)OC(C)C)N[C@@H](C)C(=O)OC(C)C)CO2)c(=O)[nH]1. The second kappa shape index (κ2) is 12.5. The van der Waals surface area contributed by atoms with Gasteiger partial charge in [0.2, 0.25) is 7.44 Å². The van der Waals surface area contributed by atoms with Gasteiger partial charge in [-0.1, -0.05) is 0 Å². The van der Waals surface area contributed by atoms with E-state index in [0.717, 1.165) is 0 Å². The summed E-state index contributed by atoms with van der Waals surface area (Å²) in [7, 11) is -3.67. The van der Waals surface area contributed by atoms with Crippen molar-refractivity contribution in [2.24, 2.45) is 0 Å². The third-order valence-corrected chi connectivity index (χ3v) is 7.63. The monoisotopic (exact) mass is 556 g/mol. The quantitative estimate of drug-likeness (QED) is 0.255. The van der Waals surface area contributed by atoms with Gasteiger partial charge in [0.1, 0.15) is 30.5 Å². The molecule has 0 aliphatic carbocycles. The molecule has 1 saturated heterocycles. The lowest BCUT2D eigenvalue weighted by Gasteiger charge is -2.27. The molecule has 0 unspecified atom stereocenters. The van der Waals surface area contributed by atoms with Gasteiger partial charge in [0.15, 0.2) is 11.2 Å². The van der Waals surface area contributed by atoms with Gasteiger partial charge in [0, 0.05) is 6.42 Å². The van der Waals surface area contributed by atoms with E-state index in [4.69, 9.17) is 18.9 Å². The van der Waals surface area contributed by atoms with Crippen molar-refractivity contribution in [3.8, 4) is 0 Å². The zero-order valence-corrected chi connectivity index (χ0v) is 23.6. The van der Waals surface area contributed by atoms with Crippen LogP contribution in [0, 0.1) is 6.92 Å². The van der Waals surface area contributed by atoms with E-state index in [0.29, 0.717) is 17.9 Å². The number of esters is 2. The Bertz CT molecular complexity index is 1210. The fraction of sp³-hybridized carbons (Fsp3) is 0.696. The molecule has 3 heterocycles. The maximum absolute atomic E-state index is 13.9. The number of hydrogen-bond donors (Lipinski definition) is 3. The van der Waals surface area contributed by atoms with Gasteiger partial charge in [-0.15, -0.1) is 0 Å². The summed E-state index contributed by atoms with van der Waals surface area (Å²) in [5.41, 5.74) is 0.247. The number of nitrogens with zero attached hydrogens (tertiary/aromatic N) is 3. The number of carbonyl (C=O) groups is 2. The van der Waals surface area contributed by atoms with Gasteiger partial charge in [0.25, 0.3) is 5.56 Å². The fourth-order valence-electron chi connectivity index (χ4n) is 3.86. The molecule has 212 valence electrons. The fourth-order valence-corrected chi connectivity index (χ4v) is 5.96. The molecule has 0 spiro atoms. The lowest BCUT2D eigenvalue weighted by atomic mass is 10.3. The average Bonchev–Trinajstić information content (AvgIpc) is 3.43. The zero-order valence-electron chi connectivity index (χ0n) is 22.7. The van der Waals surface area contributed by atoms with Crippen LogP contribution in [-0.2, 0) is 33.1 Å². The molecule has 14 nitrogen and oxygen atoms in total. The maximum Gasteiger partial charge on any atom is 0.323 e. The summed E-state index contributed by atoms with van der Waals surface area (Å²) in [4.78, 5) is 48.0. The van der Waals surface area contributed by atoms with Crippen molar-refractivity contribution < 1.29 is 33.1 Å². The molecule has 38 heavy (non-hydrogen) atoms. The number of nitrogens with one attached hydrogen (secondary N) is 3. The second-order valence-corrected chi connectivity index (χ2v) is 12.1. The first-order chi connectivity index (χ1) is 17.8. The molecule has 0 amide bonds. The van der Waals surface area contributed by atoms with Crippen molar-refractivity contribution >= 4 is 30.5 Å². The lowest BCUT2D eigenvalue weighted by Crippen LogP contribution is -2.43. The number of aromatic amines is 1. The summed E-state index contributed by atoms with van der Waals surface area (Å²) in [5.74, 6) is -0.731. The van der Waals surface area contributed by atoms with E-state index < -0.39 is 43.8 Å². The van der Waals surface area contributed by atoms with E-state index in [-0.39, 0.29) is 36.2 Å². The Kier molecular flexibility index (Phi) is 9.82. The van der Waals surface area contributed by atoms with Crippen molar-refractivity contribution in [1.29, 1.82) is 0 Å². The summed E-state index contributed by atoms with van der Waals surface area (Å²) in [6, 6.07) is -1.88. The van der Waals surface area contributed by atoms with Crippen LogP contribution in [0.5, 0.6) is 0 Å². The van der Waals surface area contributed by atoms with Gasteiger partial charge in [-0.25, -0.2) is 20.1 Å². The maximum atomic E-state index is 13.9. The molecule has 0 aromatic carbocycles. The molecule has 3 N–H and O–H groups in total. The number of H-pyrrole nitrogens is 1. The van der Waals surface area contributed by atoms with Crippen LogP contribution in [0.4, 0.5) is 0 Å². The van der Waals surface area contributed by atoms with Gasteiger partial charge in [-0.3, -0.25) is 23.5 Å². The Labute approximate surface area is 220 Å². The number of hydrogen-bond acceptors (Lipinski definition) is 10. The predicted molar refractivity (Wildman–Crippen MR) is 137 cm³/mol. The van der Waals surface area contributed by atoms with Gasteiger partial charge in [-0.2, -0.15) is 0 Å². The number of carbonyl (C=O) groups excluding carboxylic acids is 2. The first-order valence-corrected chi connectivity index (χ1v) is 14.4. The Morgan fingerprint density at radius 2 is 1.71 bits per heavy atom. The molecular formula is C23H37N6O8P. The molecule has 3 rings (SSSR count). The van der Waals surface area contributed by atoms with Crippen molar-refractivity contribution in [3.63, 3.8) is 0 Å². The van der Waals surface area contributed by atoms with Crippen LogP contribution in [0.3, 0.4) is 0 Å². The molecule has 2 aromatic heterocycles. The summed E-state index contributed by atoms with van der Waals surface area (Å²) in [5, 5.41) is 5.54. The molecule has 4 atom stereocenters. The van der Waals surface area contributed by atoms with Gasteiger partial charge < -0.3 is 23.9 Å². The van der Waals surface area contributed by atoms with Crippen molar-refractivity contribution in [1.82, 2.24) is 29.7 Å². The van der Waals surface area contributed by atoms with Crippen LogP contribution < -0.4 is 15.7 Å².